The molecular formula is C11H10O2S. The standard InChI is InChI=1S/C11H10O2S/c14-11-7-6-10(13-11)8-12-9-4-2-1-3-5-9/h1-7,10H,8H2. The predicted octanol–water partition coefficient (Wildman–Crippen LogP) is 2.35. The third-order valence-corrected chi connectivity index (χ3v) is 2.10. The number of benzene rings is 1. The van der Waals surface area contributed by atoms with Gasteiger partial charge in [-0.2, -0.15) is 0 Å². The zero-order chi connectivity index (χ0) is 9.80. The second kappa shape index (κ2) is 4.24. The molecule has 1 heterocycles. The molecule has 2 nitrogen and oxygen atoms in total. The summed E-state index contributed by atoms with van der Waals surface area (Å²) in [6.07, 6.45) is 3.65. The second-order valence-electron chi connectivity index (χ2n) is 2.96. The molecule has 0 radical (unpaired) electrons. The van der Waals surface area contributed by atoms with Crippen LogP contribution in [0.5, 0.6) is 5.75 Å². The lowest BCUT2D eigenvalue weighted by Gasteiger charge is -2.10. The average molecular weight is 206 g/mol. The van der Waals surface area contributed by atoms with Crippen molar-refractivity contribution < 1.29 is 9.47 Å². The summed E-state index contributed by atoms with van der Waals surface area (Å²) in [6, 6.07) is 9.65. The second-order valence-corrected chi connectivity index (χ2v) is 3.36. The number of hydrogen-bond donors (Lipinski definition) is 0. The summed E-state index contributed by atoms with van der Waals surface area (Å²) in [7, 11) is 0. The molecule has 1 aliphatic heterocycles. The van der Waals surface area contributed by atoms with Crippen LogP contribution in [0.2, 0.25) is 0 Å². The zero-order valence-electron chi connectivity index (χ0n) is 7.55. The van der Waals surface area contributed by atoms with E-state index < -0.39 is 0 Å². The number of rotatable bonds is 3. The van der Waals surface area contributed by atoms with Gasteiger partial charge >= 0.3 is 0 Å². The molecule has 72 valence electrons. The molecule has 0 saturated carbocycles. The van der Waals surface area contributed by atoms with E-state index in [1.54, 1.807) is 6.08 Å². The molecule has 1 aromatic carbocycles. The Hall–Kier alpha value is -1.35. The minimum absolute atomic E-state index is 0.0392. The molecule has 1 unspecified atom stereocenters. The highest BCUT2D eigenvalue weighted by molar-refractivity contribution is 7.80. The smallest absolute Gasteiger partial charge is 0.184 e. The number of hydrogen-bond acceptors (Lipinski definition) is 3. The van der Waals surface area contributed by atoms with Crippen LogP contribution in [-0.2, 0) is 4.74 Å². The van der Waals surface area contributed by atoms with E-state index in [4.69, 9.17) is 21.7 Å². The van der Waals surface area contributed by atoms with Crippen molar-refractivity contribution in [3.8, 4) is 5.75 Å². The number of ether oxygens (including phenoxy) is 2. The molecule has 1 aliphatic rings. The van der Waals surface area contributed by atoms with Gasteiger partial charge in [0.2, 0.25) is 0 Å². The molecule has 0 N–H and O–H groups in total. The van der Waals surface area contributed by atoms with Crippen molar-refractivity contribution in [2.24, 2.45) is 0 Å². The van der Waals surface area contributed by atoms with Gasteiger partial charge < -0.3 is 9.47 Å². The van der Waals surface area contributed by atoms with Gasteiger partial charge in [0.1, 0.15) is 12.4 Å². The first-order valence-electron chi connectivity index (χ1n) is 4.41. The fourth-order valence-electron chi connectivity index (χ4n) is 1.20. The van der Waals surface area contributed by atoms with Crippen molar-refractivity contribution in [2.45, 2.75) is 6.10 Å². The van der Waals surface area contributed by atoms with Crippen LogP contribution in [0.4, 0.5) is 0 Å². The Morgan fingerprint density at radius 3 is 2.71 bits per heavy atom. The molecule has 3 heteroatoms. The largest absolute Gasteiger partial charge is 0.489 e. The lowest BCUT2D eigenvalue weighted by molar-refractivity contribution is 0.167. The van der Waals surface area contributed by atoms with Crippen LogP contribution in [0, 0.1) is 0 Å². The molecule has 1 aromatic rings. The highest BCUT2D eigenvalue weighted by atomic mass is 32.1. The highest BCUT2D eigenvalue weighted by Gasteiger charge is 2.13. The summed E-state index contributed by atoms with van der Waals surface area (Å²) in [5.74, 6) is 0.849. The Morgan fingerprint density at radius 1 is 1.29 bits per heavy atom. The molecule has 2 rings (SSSR count). The van der Waals surface area contributed by atoms with Gasteiger partial charge in [-0.15, -0.1) is 0 Å². The van der Waals surface area contributed by atoms with Gasteiger partial charge in [-0.1, -0.05) is 18.2 Å². The van der Waals surface area contributed by atoms with Gasteiger partial charge in [-0.3, -0.25) is 0 Å². The van der Waals surface area contributed by atoms with Crippen LogP contribution in [0.3, 0.4) is 0 Å². The van der Waals surface area contributed by atoms with E-state index in [-0.39, 0.29) is 6.10 Å². The van der Waals surface area contributed by atoms with Crippen molar-refractivity contribution in [1.29, 1.82) is 0 Å². The fourth-order valence-corrected chi connectivity index (χ4v) is 1.40. The van der Waals surface area contributed by atoms with Crippen molar-refractivity contribution in [3.05, 3.63) is 42.5 Å². The Balaban J connectivity index is 1.84. The van der Waals surface area contributed by atoms with E-state index in [2.05, 4.69) is 0 Å². The first-order valence-corrected chi connectivity index (χ1v) is 4.82. The first-order chi connectivity index (χ1) is 6.84. The number of thiocarbonyl (C=S) groups is 1. The lowest BCUT2D eigenvalue weighted by Crippen LogP contribution is -2.16. The van der Waals surface area contributed by atoms with Crippen molar-refractivity contribution in [1.82, 2.24) is 0 Å². The Morgan fingerprint density at radius 2 is 2.07 bits per heavy atom. The van der Waals surface area contributed by atoms with Crippen LogP contribution in [0.15, 0.2) is 42.5 Å². The van der Waals surface area contributed by atoms with Crippen LogP contribution in [0.25, 0.3) is 0 Å². The fraction of sp³-hybridized carbons (Fsp3) is 0.182. The van der Waals surface area contributed by atoms with E-state index in [1.807, 2.05) is 36.4 Å². The predicted molar refractivity (Wildman–Crippen MR) is 58.5 cm³/mol. The maximum absolute atomic E-state index is 5.50. The van der Waals surface area contributed by atoms with E-state index in [9.17, 15) is 0 Å². The summed E-state index contributed by atoms with van der Waals surface area (Å²) >= 11 is 4.86. The van der Waals surface area contributed by atoms with E-state index in [0.717, 1.165) is 5.75 Å². The maximum atomic E-state index is 5.50. The quantitative estimate of drug-likeness (QED) is 0.707. The topological polar surface area (TPSA) is 18.5 Å². The Labute approximate surface area is 88.1 Å². The third-order valence-electron chi connectivity index (χ3n) is 1.87. The van der Waals surface area contributed by atoms with Crippen molar-refractivity contribution >= 4 is 17.3 Å². The van der Waals surface area contributed by atoms with Crippen LogP contribution in [0.1, 0.15) is 0 Å². The van der Waals surface area contributed by atoms with Gasteiger partial charge in [-0.05, 0) is 36.5 Å². The lowest BCUT2D eigenvalue weighted by atomic mass is 10.3. The average Bonchev–Trinajstić information content (AvgIpc) is 2.63. The Kier molecular flexibility index (Phi) is 2.79. The van der Waals surface area contributed by atoms with Crippen molar-refractivity contribution in [2.75, 3.05) is 6.61 Å². The molecule has 14 heavy (non-hydrogen) atoms. The van der Waals surface area contributed by atoms with E-state index in [1.165, 1.54) is 0 Å². The molecule has 0 aliphatic carbocycles. The van der Waals surface area contributed by atoms with Gasteiger partial charge in [0.05, 0.1) is 0 Å². The van der Waals surface area contributed by atoms with Gasteiger partial charge in [0.15, 0.2) is 11.2 Å². The normalized spacial score (nSPS) is 19.4. The van der Waals surface area contributed by atoms with Crippen LogP contribution in [-0.4, -0.2) is 17.8 Å². The zero-order valence-corrected chi connectivity index (χ0v) is 8.37. The molecular weight excluding hydrogens is 196 g/mol. The summed E-state index contributed by atoms with van der Waals surface area (Å²) in [6.45, 7) is 0.501. The molecule has 0 spiro atoms. The first kappa shape index (κ1) is 9.21. The molecule has 0 bridgehead atoms. The third kappa shape index (κ3) is 2.33. The van der Waals surface area contributed by atoms with E-state index in [0.29, 0.717) is 11.7 Å². The molecule has 0 fully saturated rings. The highest BCUT2D eigenvalue weighted by Crippen LogP contribution is 2.12. The van der Waals surface area contributed by atoms with Gasteiger partial charge in [-0.25, -0.2) is 0 Å². The molecule has 0 aromatic heterocycles. The minimum atomic E-state index is -0.0392. The van der Waals surface area contributed by atoms with Crippen LogP contribution >= 0.6 is 12.2 Å². The monoisotopic (exact) mass is 206 g/mol. The van der Waals surface area contributed by atoms with E-state index >= 15 is 0 Å². The molecule has 0 saturated heterocycles. The van der Waals surface area contributed by atoms with Crippen molar-refractivity contribution in [3.63, 3.8) is 0 Å². The summed E-state index contributed by atoms with van der Waals surface area (Å²) in [5.41, 5.74) is 0. The summed E-state index contributed by atoms with van der Waals surface area (Å²) in [4.78, 5) is 0. The summed E-state index contributed by atoms with van der Waals surface area (Å²) < 4.78 is 10.8. The number of para-hydroxylation sites is 1. The van der Waals surface area contributed by atoms with Gasteiger partial charge in [0, 0.05) is 0 Å². The molecule has 1 atom stereocenters. The maximum Gasteiger partial charge on any atom is 0.184 e. The van der Waals surface area contributed by atoms with Gasteiger partial charge in [0.25, 0.3) is 0 Å². The molecule has 0 amide bonds. The minimum Gasteiger partial charge on any atom is -0.489 e. The van der Waals surface area contributed by atoms with Crippen LogP contribution < -0.4 is 4.74 Å². The summed E-state index contributed by atoms with van der Waals surface area (Å²) in [5, 5.41) is 0.534. The Bertz CT molecular complexity index is 346. The SMILES string of the molecule is S=C1C=CC(COc2ccccc2)O1.